The predicted molar refractivity (Wildman–Crippen MR) is 130 cm³/mol. The van der Waals surface area contributed by atoms with E-state index in [1.54, 1.807) is 18.2 Å². The summed E-state index contributed by atoms with van der Waals surface area (Å²) in [7, 11) is 0. The van der Waals surface area contributed by atoms with Crippen LogP contribution in [0.3, 0.4) is 0 Å². The fraction of sp³-hybridized carbons (Fsp3) is 0.345. The van der Waals surface area contributed by atoms with Gasteiger partial charge in [-0.1, -0.05) is 37.6 Å². The van der Waals surface area contributed by atoms with E-state index in [1.165, 1.54) is 36.4 Å². The minimum Gasteiger partial charge on any atom is -0.505 e. The van der Waals surface area contributed by atoms with Gasteiger partial charge in [0.1, 0.15) is 5.75 Å². The summed E-state index contributed by atoms with van der Waals surface area (Å²) in [5, 5.41) is 19.6. The number of carbonyl (C=O) groups is 1. The van der Waals surface area contributed by atoms with Crippen molar-refractivity contribution in [1.29, 1.82) is 0 Å². The third-order valence-electron chi connectivity index (χ3n) is 7.02. The van der Waals surface area contributed by atoms with Gasteiger partial charge in [0.05, 0.1) is 11.7 Å². The zero-order chi connectivity index (χ0) is 25.8. The van der Waals surface area contributed by atoms with Crippen LogP contribution in [0.5, 0.6) is 11.5 Å². The van der Waals surface area contributed by atoms with Crippen molar-refractivity contribution in [2.75, 3.05) is 0 Å². The van der Waals surface area contributed by atoms with Gasteiger partial charge in [-0.2, -0.15) is 0 Å². The largest absolute Gasteiger partial charge is 0.505 e. The number of aliphatic hydroxyl groups excluding tert-OH is 1. The summed E-state index contributed by atoms with van der Waals surface area (Å²) in [6.07, 6.45) is 4.11. The summed E-state index contributed by atoms with van der Waals surface area (Å²) >= 11 is 0. The number of benzene rings is 3. The first-order valence-electron chi connectivity index (χ1n) is 12.3. The van der Waals surface area contributed by atoms with Crippen LogP contribution in [-0.2, 0) is 0 Å². The van der Waals surface area contributed by atoms with Gasteiger partial charge in [-0.3, -0.25) is 0 Å². The molecule has 0 aromatic heterocycles. The molecule has 4 rings (SSSR count). The molecule has 0 amide bonds. The van der Waals surface area contributed by atoms with Crippen molar-refractivity contribution >= 4 is 5.97 Å². The molecule has 1 fully saturated rings. The first-order chi connectivity index (χ1) is 17.3. The lowest BCUT2D eigenvalue weighted by molar-refractivity contribution is 0.0717. The summed E-state index contributed by atoms with van der Waals surface area (Å²) in [6, 6.07) is 12.8. The molecule has 3 aromatic rings. The van der Waals surface area contributed by atoms with Crippen molar-refractivity contribution < 1.29 is 32.9 Å². The minimum atomic E-state index is -1.23. The molecular weight excluding hydrogens is 469 g/mol. The zero-order valence-corrected chi connectivity index (χ0v) is 20.0. The second-order valence-corrected chi connectivity index (χ2v) is 9.38. The second-order valence-electron chi connectivity index (χ2n) is 9.38. The Morgan fingerprint density at radius 3 is 2.25 bits per heavy atom. The first-order valence-corrected chi connectivity index (χ1v) is 12.3. The molecule has 3 aromatic carbocycles. The molecule has 1 unspecified atom stereocenters. The monoisotopic (exact) mass is 498 g/mol. The molecule has 2 N–H and O–H groups in total. The Hall–Kier alpha value is -3.32. The summed E-state index contributed by atoms with van der Waals surface area (Å²) < 4.78 is 48.6. The van der Waals surface area contributed by atoms with Crippen molar-refractivity contribution in [3.63, 3.8) is 0 Å². The van der Waals surface area contributed by atoms with Gasteiger partial charge >= 0.3 is 5.97 Å². The zero-order valence-electron chi connectivity index (χ0n) is 20.0. The number of phenols is 1. The summed E-state index contributed by atoms with van der Waals surface area (Å²) in [4.78, 5) is 12.6. The van der Waals surface area contributed by atoms with Crippen LogP contribution in [0.15, 0.2) is 54.6 Å². The van der Waals surface area contributed by atoms with Gasteiger partial charge in [0.25, 0.3) is 0 Å². The SMILES string of the molecule is CCCC(O)C1CCC(c2ccc(C(=O)Oc3ccc(-c4ccc(O)c(F)c4)cc3)c(F)c2F)CC1. The highest BCUT2D eigenvalue weighted by Crippen LogP contribution is 2.39. The third-order valence-corrected chi connectivity index (χ3v) is 7.02. The minimum absolute atomic E-state index is 0.121. The number of carbonyl (C=O) groups excluding carboxylic acids is 1. The van der Waals surface area contributed by atoms with Gasteiger partial charge in [0.15, 0.2) is 23.2 Å². The standard InChI is InChI=1S/C29H29F3O4/c1-2-3-25(33)19-6-4-18(5-7-19)22-13-14-23(28(32)27(22)31)29(35)36-21-11-8-17(9-12-21)20-10-15-26(34)24(30)16-20/h8-16,18-19,25,33-34H,2-7H2,1H3. The van der Waals surface area contributed by atoms with Crippen LogP contribution in [0.1, 0.15) is 67.3 Å². The van der Waals surface area contributed by atoms with E-state index >= 15 is 0 Å². The molecule has 0 spiro atoms. The number of ether oxygens (including phenoxy) is 1. The molecule has 0 aliphatic heterocycles. The summed E-state index contributed by atoms with van der Waals surface area (Å²) in [5.74, 6) is -4.36. The van der Waals surface area contributed by atoms with Crippen LogP contribution in [0.2, 0.25) is 0 Å². The normalized spacial score (nSPS) is 18.6. The summed E-state index contributed by atoms with van der Waals surface area (Å²) in [6.45, 7) is 2.02. The Bertz CT molecular complexity index is 1220. The molecule has 4 nitrogen and oxygen atoms in total. The molecule has 36 heavy (non-hydrogen) atoms. The molecule has 1 saturated carbocycles. The Morgan fingerprint density at radius 1 is 0.944 bits per heavy atom. The number of phenolic OH excluding ortho intramolecular Hbond substituents is 1. The average Bonchev–Trinajstić information content (AvgIpc) is 2.88. The molecular formula is C29H29F3O4. The lowest BCUT2D eigenvalue weighted by Crippen LogP contribution is -2.25. The van der Waals surface area contributed by atoms with E-state index in [-0.39, 0.29) is 29.3 Å². The molecule has 0 heterocycles. The highest BCUT2D eigenvalue weighted by atomic mass is 19.2. The first kappa shape index (κ1) is 25.8. The number of aliphatic hydroxyl groups is 1. The van der Waals surface area contributed by atoms with Crippen molar-refractivity contribution in [2.45, 2.75) is 57.5 Å². The van der Waals surface area contributed by atoms with Gasteiger partial charge in [-0.25, -0.2) is 18.0 Å². The van der Waals surface area contributed by atoms with Crippen molar-refractivity contribution in [3.8, 4) is 22.6 Å². The molecule has 7 heteroatoms. The lowest BCUT2D eigenvalue weighted by Gasteiger charge is -2.32. The molecule has 0 radical (unpaired) electrons. The maximum absolute atomic E-state index is 14.9. The number of halogens is 3. The van der Waals surface area contributed by atoms with Crippen molar-refractivity contribution in [2.24, 2.45) is 5.92 Å². The van der Waals surface area contributed by atoms with Crippen LogP contribution in [-0.4, -0.2) is 22.3 Å². The van der Waals surface area contributed by atoms with E-state index in [4.69, 9.17) is 4.74 Å². The lowest BCUT2D eigenvalue weighted by atomic mass is 9.76. The van der Waals surface area contributed by atoms with Gasteiger partial charge in [-0.05, 0) is 91.0 Å². The number of hydrogen-bond donors (Lipinski definition) is 2. The van der Waals surface area contributed by atoms with Crippen molar-refractivity contribution in [3.05, 3.63) is 83.2 Å². The number of aromatic hydroxyl groups is 1. The van der Waals surface area contributed by atoms with Gasteiger partial charge in [-0.15, -0.1) is 0 Å². The highest BCUT2D eigenvalue weighted by molar-refractivity contribution is 5.91. The van der Waals surface area contributed by atoms with Crippen LogP contribution in [0, 0.1) is 23.4 Å². The number of rotatable bonds is 7. The smallest absolute Gasteiger partial charge is 0.346 e. The molecule has 1 aliphatic carbocycles. The second kappa shape index (κ2) is 11.2. The van der Waals surface area contributed by atoms with Gasteiger partial charge in [0.2, 0.25) is 0 Å². The maximum Gasteiger partial charge on any atom is 0.346 e. The Kier molecular flexibility index (Phi) is 7.99. The van der Waals surface area contributed by atoms with E-state index in [0.717, 1.165) is 25.7 Å². The van der Waals surface area contributed by atoms with Crippen LogP contribution in [0.25, 0.3) is 11.1 Å². The molecule has 190 valence electrons. The van der Waals surface area contributed by atoms with E-state index in [2.05, 4.69) is 0 Å². The Labute approximate surface area is 208 Å². The fourth-order valence-electron chi connectivity index (χ4n) is 4.95. The molecule has 0 saturated heterocycles. The quantitative estimate of drug-likeness (QED) is 0.269. The topological polar surface area (TPSA) is 66.8 Å². The Balaban J connectivity index is 1.42. The predicted octanol–water partition coefficient (Wildman–Crippen LogP) is 7.13. The van der Waals surface area contributed by atoms with Crippen LogP contribution < -0.4 is 4.74 Å². The number of esters is 1. The van der Waals surface area contributed by atoms with E-state index < -0.39 is 34.7 Å². The molecule has 0 bridgehead atoms. The van der Waals surface area contributed by atoms with Crippen LogP contribution in [0.4, 0.5) is 13.2 Å². The van der Waals surface area contributed by atoms with E-state index in [9.17, 15) is 28.2 Å². The van der Waals surface area contributed by atoms with E-state index in [0.29, 0.717) is 24.0 Å². The fourth-order valence-corrected chi connectivity index (χ4v) is 4.95. The molecule has 1 aliphatic rings. The average molecular weight is 499 g/mol. The molecule has 1 atom stereocenters. The highest BCUT2D eigenvalue weighted by Gasteiger charge is 2.30. The van der Waals surface area contributed by atoms with Crippen LogP contribution >= 0.6 is 0 Å². The van der Waals surface area contributed by atoms with Crippen molar-refractivity contribution in [1.82, 2.24) is 0 Å². The van der Waals surface area contributed by atoms with Gasteiger partial charge in [0, 0.05) is 0 Å². The maximum atomic E-state index is 14.9. The van der Waals surface area contributed by atoms with Gasteiger partial charge < -0.3 is 14.9 Å². The number of hydrogen-bond acceptors (Lipinski definition) is 4. The van der Waals surface area contributed by atoms with E-state index in [1.807, 2.05) is 6.92 Å². The third kappa shape index (κ3) is 5.57. The summed E-state index contributed by atoms with van der Waals surface area (Å²) in [5.41, 5.74) is 0.888. The Morgan fingerprint density at radius 2 is 1.61 bits per heavy atom.